The van der Waals surface area contributed by atoms with E-state index in [0.717, 1.165) is 21.3 Å². The largest absolute Gasteiger partial charge is 0.459 e. The fourth-order valence-electron chi connectivity index (χ4n) is 1.73. The van der Waals surface area contributed by atoms with Gasteiger partial charge in [-0.15, -0.1) is 0 Å². The van der Waals surface area contributed by atoms with Crippen molar-refractivity contribution in [3.63, 3.8) is 0 Å². The van der Waals surface area contributed by atoms with Crippen LogP contribution in [0.25, 0.3) is 0 Å². The molecular formula is C14H20BrNO2. The smallest absolute Gasteiger partial charge is 0.325 e. The second-order valence-electron chi connectivity index (χ2n) is 5.35. The first kappa shape index (κ1) is 15.0. The maximum absolute atomic E-state index is 11.6. The van der Waals surface area contributed by atoms with Gasteiger partial charge in [0.2, 0.25) is 0 Å². The monoisotopic (exact) mass is 313 g/mol. The molecule has 0 radical (unpaired) electrons. The Labute approximate surface area is 117 Å². The average molecular weight is 314 g/mol. The number of hydrogen-bond donors (Lipinski definition) is 1. The molecule has 1 rings (SSSR count). The second kappa shape index (κ2) is 5.74. The summed E-state index contributed by atoms with van der Waals surface area (Å²) in [4.78, 5) is 11.6. The van der Waals surface area contributed by atoms with Crippen molar-refractivity contribution in [3.05, 3.63) is 27.7 Å². The fraction of sp³-hybridized carbons (Fsp3) is 0.500. The van der Waals surface area contributed by atoms with Crippen molar-refractivity contribution in [2.24, 2.45) is 0 Å². The number of carbonyl (C=O) groups excluding carboxylic acids is 1. The Morgan fingerprint density at radius 3 is 2.22 bits per heavy atom. The van der Waals surface area contributed by atoms with Gasteiger partial charge in [-0.05, 0) is 57.9 Å². The molecule has 1 N–H and O–H groups in total. The Bertz CT molecular complexity index is 427. The Morgan fingerprint density at radius 1 is 1.28 bits per heavy atom. The van der Waals surface area contributed by atoms with Crippen LogP contribution >= 0.6 is 15.9 Å². The van der Waals surface area contributed by atoms with E-state index < -0.39 is 5.60 Å². The Balaban J connectivity index is 2.67. The molecule has 18 heavy (non-hydrogen) atoms. The minimum Gasteiger partial charge on any atom is -0.459 e. The molecule has 0 spiro atoms. The van der Waals surface area contributed by atoms with Gasteiger partial charge in [0, 0.05) is 10.2 Å². The van der Waals surface area contributed by atoms with Gasteiger partial charge in [0.15, 0.2) is 0 Å². The molecule has 0 heterocycles. The van der Waals surface area contributed by atoms with Crippen LogP contribution in [0.1, 0.15) is 31.9 Å². The second-order valence-corrected chi connectivity index (χ2v) is 6.27. The Morgan fingerprint density at radius 2 is 1.78 bits per heavy atom. The highest BCUT2D eigenvalue weighted by molar-refractivity contribution is 9.10. The van der Waals surface area contributed by atoms with E-state index in [-0.39, 0.29) is 12.5 Å². The Kier molecular flexibility index (Phi) is 4.79. The summed E-state index contributed by atoms with van der Waals surface area (Å²) in [5.41, 5.74) is 2.75. The number of rotatable bonds is 3. The van der Waals surface area contributed by atoms with Crippen LogP contribution in [-0.4, -0.2) is 18.1 Å². The zero-order valence-electron chi connectivity index (χ0n) is 11.6. The maximum atomic E-state index is 11.6. The van der Waals surface area contributed by atoms with Crippen molar-refractivity contribution in [1.29, 1.82) is 0 Å². The number of ether oxygens (including phenoxy) is 1. The lowest BCUT2D eigenvalue weighted by molar-refractivity contribution is -0.152. The third-order valence-electron chi connectivity index (χ3n) is 2.33. The van der Waals surface area contributed by atoms with Gasteiger partial charge in [-0.2, -0.15) is 0 Å². The molecule has 0 aliphatic rings. The molecule has 0 aromatic heterocycles. The van der Waals surface area contributed by atoms with Gasteiger partial charge >= 0.3 is 5.97 Å². The van der Waals surface area contributed by atoms with Crippen LogP contribution in [0, 0.1) is 13.8 Å². The van der Waals surface area contributed by atoms with Gasteiger partial charge in [0.25, 0.3) is 0 Å². The van der Waals surface area contributed by atoms with E-state index >= 15 is 0 Å². The van der Waals surface area contributed by atoms with E-state index in [9.17, 15) is 4.79 Å². The van der Waals surface area contributed by atoms with Crippen molar-refractivity contribution >= 4 is 27.6 Å². The van der Waals surface area contributed by atoms with Crippen LogP contribution in [0.2, 0.25) is 0 Å². The lowest BCUT2D eigenvalue weighted by Crippen LogP contribution is -2.28. The first-order valence-electron chi connectivity index (χ1n) is 5.91. The van der Waals surface area contributed by atoms with E-state index in [0.29, 0.717) is 0 Å². The molecule has 0 aliphatic carbocycles. The standard InChI is InChI=1S/C14H20BrNO2/c1-9-6-11(15)7-10(2)13(9)16-8-12(17)18-14(3,4)5/h6-7,16H,8H2,1-5H3. The molecule has 1 aromatic carbocycles. The number of anilines is 1. The quantitative estimate of drug-likeness (QED) is 0.862. The van der Waals surface area contributed by atoms with Crippen molar-refractivity contribution < 1.29 is 9.53 Å². The first-order valence-corrected chi connectivity index (χ1v) is 6.71. The summed E-state index contributed by atoms with van der Waals surface area (Å²) in [5.74, 6) is -0.246. The normalized spacial score (nSPS) is 11.2. The van der Waals surface area contributed by atoms with E-state index in [1.165, 1.54) is 0 Å². The van der Waals surface area contributed by atoms with Crippen molar-refractivity contribution in [3.8, 4) is 0 Å². The summed E-state index contributed by atoms with van der Waals surface area (Å²) in [7, 11) is 0. The number of benzene rings is 1. The van der Waals surface area contributed by atoms with Crippen molar-refractivity contribution in [1.82, 2.24) is 0 Å². The molecule has 0 saturated heterocycles. The summed E-state index contributed by atoms with van der Waals surface area (Å²) in [6, 6.07) is 4.04. The summed E-state index contributed by atoms with van der Waals surface area (Å²) >= 11 is 3.45. The third-order valence-corrected chi connectivity index (χ3v) is 2.78. The van der Waals surface area contributed by atoms with Gasteiger partial charge in [0.1, 0.15) is 12.1 Å². The molecule has 0 bridgehead atoms. The lowest BCUT2D eigenvalue weighted by atomic mass is 10.1. The predicted molar refractivity (Wildman–Crippen MR) is 78.0 cm³/mol. The fourth-order valence-corrected chi connectivity index (χ4v) is 2.41. The molecular weight excluding hydrogens is 294 g/mol. The minimum atomic E-state index is -0.442. The summed E-state index contributed by atoms with van der Waals surface area (Å²) in [6.07, 6.45) is 0. The molecule has 1 aromatic rings. The van der Waals surface area contributed by atoms with Crippen molar-refractivity contribution in [2.75, 3.05) is 11.9 Å². The first-order chi connectivity index (χ1) is 8.19. The summed E-state index contributed by atoms with van der Waals surface area (Å²) < 4.78 is 6.29. The van der Waals surface area contributed by atoms with Crippen LogP contribution in [0.5, 0.6) is 0 Å². The van der Waals surface area contributed by atoms with Crippen LogP contribution in [0.4, 0.5) is 5.69 Å². The molecule has 100 valence electrons. The molecule has 0 aliphatic heterocycles. The van der Waals surface area contributed by atoms with E-state index in [1.807, 2.05) is 46.8 Å². The van der Waals surface area contributed by atoms with Crippen LogP contribution in [0.15, 0.2) is 16.6 Å². The highest BCUT2D eigenvalue weighted by Gasteiger charge is 2.16. The summed E-state index contributed by atoms with van der Waals surface area (Å²) in [5, 5.41) is 3.14. The molecule has 0 fully saturated rings. The van der Waals surface area contributed by atoms with Crippen molar-refractivity contribution in [2.45, 2.75) is 40.2 Å². The zero-order valence-corrected chi connectivity index (χ0v) is 13.1. The number of halogens is 1. The average Bonchev–Trinajstić information content (AvgIpc) is 2.12. The van der Waals surface area contributed by atoms with E-state index in [4.69, 9.17) is 4.74 Å². The van der Waals surface area contributed by atoms with Gasteiger partial charge in [-0.1, -0.05) is 15.9 Å². The number of carbonyl (C=O) groups is 1. The molecule has 4 heteroatoms. The molecule has 3 nitrogen and oxygen atoms in total. The zero-order chi connectivity index (χ0) is 13.9. The lowest BCUT2D eigenvalue weighted by Gasteiger charge is -2.20. The van der Waals surface area contributed by atoms with E-state index in [2.05, 4.69) is 21.2 Å². The number of nitrogens with one attached hydrogen (secondary N) is 1. The number of hydrogen-bond acceptors (Lipinski definition) is 3. The van der Waals surface area contributed by atoms with Crippen LogP contribution in [0.3, 0.4) is 0 Å². The highest BCUT2D eigenvalue weighted by atomic mass is 79.9. The topological polar surface area (TPSA) is 38.3 Å². The number of aryl methyl sites for hydroxylation is 2. The number of esters is 1. The molecule has 0 amide bonds. The van der Waals surface area contributed by atoms with Gasteiger partial charge in [-0.3, -0.25) is 4.79 Å². The van der Waals surface area contributed by atoms with Crippen LogP contribution in [-0.2, 0) is 9.53 Å². The van der Waals surface area contributed by atoms with E-state index in [1.54, 1.807) is 0 Å². The summed E-state index contributed by atoms with van der Waals surface area (Å²) in [6.45, 7) is 9.79. The SMILES string of the molecule is Cc1cc(Br)cc(C)c1NCC(=O)OC(C)(C)C. The molecule has 0 saturated carbocycles. The van der Waals surface area contributed by atoms with Gasteiger partial charge in [0.05, 0.1) is 0 Å². The molecule has 0 atom stereocenters. The maximum Gasteiger partial charge on any atom is 0.325 e. The van der Waals surface area contributed by atoms with Gasteiger partial charge < -0.3 is 10.1 Å². The predicted octanol–water partition coefficient (Wildman–Crippen LogP) is 3.82. The Hall–Kier alpha value is -1.03. The van der Waals surface area contributed by atoms with Gasteiger partial charge in [-0.25, -0.2) is 0 Å². The van der Waals surface area contributed by atoms with Crippen LogP contribution < -0.4 is 5.32 Å². The molecule has 0 unspecified atom stereocenters. The highest BCUT2D eigenvalue weighted by Crippen LogP contribution is 2.24. The third kappa shape index (κ3) is 4.69. The minimum absolute atomic E-state index is 0.181.